The highest BCUT2D eigenvalue weighted by molar-refractivity contribution is 7.98. The largest absolute Gasteiger partial charge is 0.481 e. The average molecular weight is 1390 g/mol. The van der Waals surface area contributed by atoms with Crippen molar-refractivity contribution in [3.63, 3.8) is 0 Å². The van der Waals surface area contributed by atoms with Gasteiger partial charge in [-0.25, -0.2) is 13.8 Å². The van der Waals surface area contributed by atoms with Crippen LogP contribution < -0.4 is 42.5 Å². The molecule has 98 heavy (non-hydrogen) atoms. The minimum absolute atomic E-state index is 0.0665. The number of aromatic nitrogens is 4. The van der Waals surface area contributed by atoms with Gasteiger partial charge in [-0.1, -0.05) is 54.6 Å². The molecule has 9 amide bonds. The number of H-pyrrole nitrogens is 3. The predicted octanol–water partition coefficient (Wildman–Crippen LogP) is 3.74. The maximum absolute atomic E-state index is 15.1. The molecule has 26 nitrogen and oxygen atoms in total. The topological polar surface area (TPSA) is 388 Å². The van der Waals surface area contributed by atoms with Gasteiger partial charge in [0.2, 0.25) is 53.2 Å². The van der Waals surface area contributed by atoms with Crippen LogP contribution in [0.5, 0.6) is 0 Å². The number of carbonyl (C=O) groups is 11. The number of hydrogen-bond acceptors (Lipinski definition) is 14. The first-order valence-corrected chi connectivity index (χ1v) is 34.2. The van der Waals surface area contributed by atoms with Crippen LogP contribution in [0.25, 0.3) is 21.8 Å². The van der Waals surface area contributed by atoms with Gasteiger partial charge in [-0.3, -0.25) is 52.7 Å². The molecule has 0 aliphatic carbocycles. The number of hydrogen-bond donors (Lipinski definition) is 13. The second kappa shape index (κ2) is 33.7. The number of thioether (sulfide) groups is 2. The summed E-state index contributed by atoms with van der Waals surface area (Å²) in [5, 5.41) is 41.6. The Labute approximate surface area is 569 Å². The quantitative estimate of drug-likeness (QED) is 0.0782. The van der Waals surface area contributed by atoms with Gasteiger partial charge in [0.1, 0.15) is 59.5 Å². The zero-order chi connectivity index (χ0) is 70.0. The monoisotopic (exact) mass is 1390 g/mol. The summed E-state index contributed by atoms with van der Waals surface area (Å²) < 4.78 is 29.8. The van der Waals surface area contributed by atoms with E-state index in [1.54, 1.807) is 49.0 Å². The lowest BCUT2D eigenvalue weighted by Gasteiger charge is -2.36. The fraction of sp³-hybridized carbons (Fsp3) is 0.382. The van der Waals surface area contributed by atoms with E-state index in [1.807, 2.05) is 24.3 Å². The van der Waals surface area contributed by atoms with Crippen LogP contribution in [-0.2, 0) is 89.9 Å². The number of aromatic amines is 3. The molecule has 2 bridgehead atoms. The number of benzene rings is 4. The molecule has 1 fully saturated rings. The molecule has 2 aliphatic rings. The van der Waals surface area contributed by atoms with Crippen molar-refractivity contribution < 1.29 is 71.7 Å². The Morgan fingerprint density at radius 1 is 0.602 bits per heavy atom. The predicted molar refractivity (Wildman–Crippen MR) is 360 cm³/mol. The van der Waals surface area contributed by atoms with E-state index < -0.39 is 150 Å². The zero-order valence-electron chi connectivity index (χ0n) is 53.7. The fourth-order valence-electron chi connectivity index (χ4n) is 11.8. The molecule has 0 spiro atoms. The van der Waals surface area contributed by atoms with E-state index in [-0.39, 0.29) is 55.3 Å². The van der Waals surface area contributed by atoms with Crippen molar-refractivity contribution in [3.05, 3.63) is 161 Å². The minimum atomic E-state index is -2.02. The number of fused-ring (bicyclic) bond motifs is 5. The molecule has 5 heterocycles. The number of aliphatic carboxylic acids is 2. The van der Waals surface area contributed by atoms with Gasteiger partial charge in [-0.05, 0) is 97.3 Å². The third-order valence-corrected chi connectivity index (χ3v) is 19.1. The van der Waals surface area contributed by atoms with Crippen molar-refractivity contribution in [3.8, 4) is 0 Å². The molecular weight excluding hydrogens is 1310 g/mol. The third-order valence-electron chi connectivity index (χ3n) is 17.1. The summed E-state index contributed by atoms with van der Waals surface area (Å²) in [6, 6.07) is 12.8. The Morgan fingerprint density at radius 3 is 1.76 bits per heavy atom. The van der Waals surface area contributed by atoms with Gasteiger partial charge >= 0.3 is 11.9 Å². The van der Waals surface area contributed by atoms with Crippen LogP contribution in [0, 0.1) is 11.6 Å². The van der Waals surface area contributed by atoms with Crippen LogP contribution in [0.15, 0.2) is 116 Å². The molecule has 0 radical (unpaired) electrons. The first kappa shape index (κ1) is 72.2. The number of imidazole rings is 1. The van der Waals surface area contributed by atoms with Gasteiger partial charge in [0.05, 0.1) is 12.7 Å². The van der Waals surface area contributed by atoms with Gasteiger partial charge in [0, 0.05) is 121 Å². The summed E-state index contributed by atoms with van der Waals surface area (Å²) in [6.07, 6.45) is 2.95. The minimum Gasteiger partial charge on any atom is -0.481 e. The molecule has 518 valence electrons. The number of nitrogens with one attached hydrogen (secondary N) is 11. The lowest BCUT2D eigenvalue weighted by atomic mass is 9.95. The van der Waals surface area contributed by atoms with Crippen LogP contribution in [0.1, 0.15) is 85.9 Å². The lowest BCUT2D eigenvalue weighted by Crippen LogP contribution is -2.62. The zero-order valence-corrected chi connectivity index (χ0v) is 55.3. The molecule has 1 saturated heterocycles. The van der Waals surface area contributed by atoms with E-state index in [0.717, 1.165) is 17.2 Å². The Morgan fingerprint density at radius 2 is 1.16 bits per heavy atom. The second-order valence-electron chi connectivity index (χ2n) is 24.4. The molecule has 2 aliphatic heterocycles. The van der Waals surface area contributed by atoms with E-state index in [4.69, 9.17) is 0 Å². The maximum Gasteiger partial charge on any atom is 0.305 e. The number of carboxylic acids is 2. The van der Waals surface area contributed by atoms with E-state index in [1.165, 1.54) is 78.8 Å². The summed E-state index contributed by atoms with van der Waals surface area (Å²) >= 11 is 3.02. The Bertz CT molecular complexity index is 4060. The standard InChI is InChI=1S/C68H77F2N13O13S2/c1-38-60(89)78-52(26-42-32-73-49-14-12-44(69)28-47(42)49)62(91)79-53(27-43-33-74-50-15-13-45(70)29-48(43)50)63(92)81-55(31-59(87)88)65(94)80-54(30-46-34-71-37-75-46)64(93)82-56(25-39-8-4-3-5-9-39)66(95)83-21-7-19-68(83,2)67(96)72-20-23-98-36-41-11-6-10-40(24-41)35-97-22-18-57(84)77-51(61(90)76-38)16-17-58(85)86/h3-6,8-15,24,28-29,32-34,37-38,51-56,73-74H,7,16-23,25-27,30-31,35-36H2,1-2H3,(H,71,75)(H,72,96)(H,76,90)(H,77,84)(H,78,89)(H,79,91)(H,80,94)(H,81,92)(H,82,93)(H,85,86)(H,87,88)/t38-,51+,52+,53+,54+,55+,56+,68+/m1/s1. The number of rotatable bonds is 13. The first-order valence-electron chi connectivity index (χ1n) is 31.9. The molecule has 0 unspecified atom stereocenters. The van der Waals surface area contributed by atoms with E-state index in [0.29, 0.717) is 63.5 Å². The highest BCUT2D eigenvalue weighted by Gasteiger charge is 2.48. The summed E-state index contributed by atoms with van der Waals surface area (Å²) in [7, 11) is 0. The summed E-state index contributed by atoms with van der Waals surface area (Å²) in [6.45, 7) is 3.34. The van der Waals surface area contributed by atoms with Crippen molar-refractivity contribution >= 4 is 110 Å². The van der Waals surface area contributed by atoms with Crippen LogP contribution >= 0.6 is 23.5 Å². The smallest absolute Gasteiger partial charge is 0.305 e. The Kier molecular flexibility index (Phi) is 24.8. The molecule has 30 heteroatoms. The highest BCUT2D eigenvalue weighted by Crippen LogP contribution is 2.31. The summed E-state index contributed by atoms with van der Waals surface area (Å²) in [5.74, 6) is -10.2. The van der Waals surface area contributed by atoms with Crippen molar-refractivity contribution in [2.45, 2.75) is 137 Å². The second-order valence-corrected chi connectivity index (χ2v) is 26.6. The Balaban J connectivity index is 1.05. The third kappa shape index (κ3) is 19.6. The highest BCUT2D eigenvalue weighted by atomic mass is 32.2. The number of carboxylic acid groups (broad SMARTS) is 2. The van der Waals surface area contributed by atoms with Crippen molar-refractivity contribution in [2.75, 3.05) is 24.6 Å². The van der Waals surface area contributed by atoms with Gasteiger partial charge in [-0.15, -0.1) is 0 Å². The van der Waals surface area contributed by atoms with E-state index in [9.17, 15) is 57.4 Å². The van der Waals surface area contributed by atoms with E-state index in [2.05, 4.69) is 62.5 Å². The SMILES string of the molecule is C[C@H]1NC(=O)[C@H](CCC(=O)O)NC(=O)CCSCc2cccc(c2)CSCCNC(=O)[C@]2(C)CCCN2C(=O)[C@H](Cc2ccccc2)NC(=O)[C@H](Cc2cnc[nH]2)NC(=O)[C@H](CC(=O)O)NC(=O)[C@H](Cc2c[nH]c3ccc(F)cc23)NC(=O)[C@H](Cc2c[nH]c3ccc(F)cc23)NC1=O. The average Bonchev–Trinajstić information content (AvgIpc) is 1.60. The molecule has 9 rings (SSSR count). The molecule has 0 saturated carbocycles. The number of carbonyl (C=O) groups excluding carboxylic acids is 9. The van der Waals surface area contributed by atoms with Crippen LogP contribution in [0.3, 0.4) is 0 Å². The lowest BCUT2D eigenvalue weighted by molar-refractivity contribution is -0.146. The fourth-order valence-corrected chi connectivity index (χ4v) is 13.5. The van der Waals surface area contributed by atoms with E-state index >= 15 is 14.4 Å². The maximum atomic E-state index is 15.1. The number of amides is 9. The first-order chi connectivity index (χ1) is 47.0. The van der Waals surface area contributed by atoms with Gasteiger partial charge < -0.3 is 72.6 Å². The number of halogens is 2. The molecule has 8 atom stereocenters. The van der Waals surface area contributed by atoms with Crippen molar-refractivity contribution in [1.82, 2.24) is 67.4 Å². The van der Waals surface area contributed by atoms with Gasteiger partial charge in [0.15, 0.2) is 0 Å². The summed E-state index contributed by atoms with van der Waals surface area (Å²) in [5.41, 5.74) is 2.93. The van der Waals surface area contributed by atoms with Gasteiger partial charge in [-0.2, -0.15) is 23.5 Å². The van der Waals surface area contributed by atoms with Gasteiger partial charge in [0.25, 0.3) is 0 Å². The van der Waals surface area contributed by atoms with Crippen LogP contribution in [0.4, 0.5) is 8.78 Å². The van der Waals surface area contributed by atoms with Crippen molar-refractivity contribution in [1.29, 1.82) is 0 Å². The van der Waals surface area contributed by atoms with Crippen molar-refractivity contribution in [2.24, 2.45) is 0 Å². The van der Waals surface area contributed by atoms with Crippen LogP contribution in [0.2, 0.25) is 0 Å². The normalized spacial score (nSPS) is 23.0. The Hall–Kier alpha value is -10.1. The molecule has 4 aromatic carbocycles. The molecule has 3 aromatic heterocycles. The summed E-state index contributed by atoms with van der Waals surface area (Å²) in [4.78, 5) is 170. The van der Waals surface area contributed by atoms with Crippen LogP contribution in [-0.4, -0.2) is 173 Å². The number of nitrogens with zero attached hydrogens (tertiary/aromatic N) is 2. The molecule has 13 N–H and O–H groups in total. The molecular formula is C68H77F2N13O13S2. The molecule has 7 aromatic rings.